The van der Waals surface area contributed by atoms with Gasteiger partial charge in [-0.1, -0.05) is 37.6 Å². The number of hydrogen-bond donors (Lipinski definition) is 2. The van der Waals surface area contributed by atoms with Crippen LogP contribution in [-0.4, -0.2) is 27.7 Å². The van der Waals surface area contributed by atoms with E-state index in [2.05, 4.69) is 29.8 Å². The number of nitrogens with zero attached hydrogens (tertiary/aromatic N) is 2. The second-order valence-corrected chi connectivity index (χ2v) is 7.23. The Balaban J connectivity index is 1.90. The SMILES string of the molecule is Cc1nn(CC(C)C)c(Cl)c1C=CC(=O)NNC(=O)C(C)Oc1ccccc1F. The molecule has 0 bridgehead atoms. The normalized spacial score (nSPS) is 12.2. The fourth-order valence-electron chi connectivity index (χ4n) is 2.43. The monoisotopic (exact) mass is 422 g/mol. The van der Waals surface area contributed by atoms with Crippen molar-refractivity contribution in [2.24, 2.45) is 5.92 Å². The van der Waals surface area contributed by atoms with Crippen molar-refractivity contribution in [3.05, 3.63) is 52.6 Å². The lowest BCUT2D eigenvalue weighted by molar-refractivity contribution is -0.131. The Morgan fingerprint density at radius 1 is 1.28 bits per heavy atom. The van der Waals surface area contributed by atoms with Gasteiger partial charge in [0, 0.05) is 18.2 Å². The minimum absolute atomic E-state index is 0.0510. The molecule has 156 valence electrons. The molecule has 0 saturated heterocycles. The summed E-state index contributed by atoms with van der Waals surface area (Å²) in [6.07, 6.45) is 1.75. The van der Waals surface area contributed by atoms with E-state index in [4.69, 9.17) is 16.3 Å². The molecule has 0 aliphatic carbocycles. The first-order valence-corrected chi connectivity index (χ1v) is 9.48. The molecule has 1 unspecified atom stereocenters. The molecule has 2 N–H and O–H groups in total. The summed E-state index contributed by atoms with van der Waals surface area (Å²) in [5.41, 5.74) is 5.79. The van der Waals surface area contributed by atoms with E-state index in [0.29, 0.717) is 28.9 Å². The maximum atomic E-state index is 13.6. The second-order valence-electron chi connectivity index (χ2n) is 6.87. The van der Waals surface area contributed by atoms with Crippen LogP contribution in [0.15, 0.2) is 30.3 Å². The Morgan fingerprint density at radius 2 is 1.97 bits per heavy atom. The molecule has 7 nitrogen and oxygen atoms in total. The Bertz CT molecular complexity index is 911. The van der Waals surface area contributed by atoms with Crippen LogP contribution in [0.5, 0.6) is 5.75 Å². The van der Waals surface area contributed by atoms with E-state index in [-0.39, 0.29) is 5.75 Å². The van der Waals surface area contributed by atoms with E-state index >= 15 is 0 Å². The summed E-state index contributed by atoms with van der Waals surface area (Å²) in [5.74, 6) is -1.46. The third kappa shape index (κ3) is 6.32. The van der Waals surface area contributed by atoms with Gasteiger partial charge in [0.25, 0.3) is 11.8 Å². The predicted octanol–water partition coefficient (Wildman–Crippen LogP) is 3.27. The number of hydrogen-bond acceptors (Lipinski definition) is 4. The fraction of sp³-hybridized carbons (Fsp3) is 0.350. The number of carbonyl (C=O) groups excluding carboxylic acids is 2. The number of hydrazine groups is 1. The lowest BCUT2D eigenvalue weighted by Gasteiger charge is -2.15. The van der Waals surface area contributed by atoms with Gasteiger partial charge in [-0.2, -0.15) is 5.10 Å². The van der Waals surface area contributed by atoms with E-state index in [0.717, 1.165) is 0 Å². The highest BCUT2D eigenvalue weighted by molar-refractivity contribution is 6.31. The lowest BCUT2D eigenvalue weighted by atomic mass is 10.2. The first kappa shape index (κ1) is 22.4. The second kappa shape index (κ2) is 10.1. The summed E-state index contributed by atoms with van der Waals surface area (Å²) in [4.78, 5) is 24.0. The van der Waals surface area contributed by atoms with Gasteiger partial charge in [0.1, 0.15) is 5.15 Å². The zero-order valence-corrected chi connectivity index (χ0v) is 17.5. The molecule has 1 aromatic carbocycles. The highest BCUT2D eigenvalue weighted by atomic mass is 35.5. The molecule has 1 atom stereocenters. The van der Waals surface area contributed by atoms with Crippen LogP contribution in [0.1, 0.15) is 32.0 Å². The number of halogens is 2. The van der Waals surface area contributed by atoms with Crippen molar-refractivity contribution in [1.82, 2.24) is 20.6 Å². The number of benzene rings is 1. The van der Waals surface area contributed by atoms with Crippen molar-refractivity contribution in [1.29, 1.82) is 0 Å². The zero-order chi connectivity index (χ0) is 21.6. The van der Waals surface area contributed by atoms with Gasteiger partial charge in [0.2, 0.25) is 0 Å². The van der Waals surface area contributed by atoms with E-state index in [9.17, 15) is 14.0 Å². The van der Waals surface area contributed by atoms with Crippen LogP contribution in [0.3, 0.4) is 0 Å². The third-order valence-electron chi connectivity index (χ3n) is 3.87. The minimum Gasteiger partial charge on any atom is -0.478 e. The molecule has 1 aromatic heterocycles. The van der Waals surface area contributed by atoms with Gasteiger partial charge < -0.3 is 4.74 Å². The minimum atomic E-state index is -1.01. The number of aromatic nitrogens is 2. The highest BCUT2D eigenvalue weighted by Gasteiger charge is 2.17. The summed E-state index contributed by atoms with van der Waals surface area (Å²) in [5, 5.41) is 4.80. The average Bonchev–Trinajstić information content (AvgIpc) is 2.92. The van der Waals surface area contributed by atoms with Crippen LogP contribution >= 0.6 is 11.6 Å². The highest BCUT2D eigenvalue weighted by Crippen LogP contribution is 2.22. The number of ether oxygens (including phenoxy) is 1. The molecule has 0 radical (unpaired) electrons. The number of para-hydroxylation sites is 1. The smallest absolute Gasteiger partial charge is 0.279 e. The van der Waals surface area contributed by atoms with Gasteiger partial charge >= 0.3 is 0 Å². The molecule has 0 spiro atoms. The van der Waals surface area contributed by atoms with Crippen molar-refractivity contribution in [2.75, 3.05) is 0 Å². The molecular formula is C20H24ClFN4O3. The summed E-state index contributed by atoms with van der Waals surface area (Å²) in [6.45, 7) is 8.00. The van der Waals surface area contributed by atoms with Gasteiger partial charge in [0.05, 0.1) is 5.69 Å². The predicted molar refractivity (Wildman–Crippen MR) is 109 cm³/mol. The van der Waals surface area contributed by atoms with Crippen molar-refractivity contribution in [2.45, 2.75) is 40.3 Å². The molecule has 9 heteroatoms. The number of nitrogens with one attached hydrogen (secondary N) is 2. The quantitative estimate of drug-likeness (QED) is 0.529. The maximum Gasteiger partial charge on any atom is 0.279 e. The zero-order valence-electron chi connectivity index (χ0n) is 16.7. The Kier molecular flexibility index (Phi) is 7.78. The Hall–Kier alpha value is -2.87. The van der Waals surface area contributed by atoms with Crippen LogP contribution in [0.25, 0.3) is 6.08 Å². The van der Waals surface area contributed by atoms with Crippen LogP contribution < -0.4 is 15.6 Å². The molecule has 2 aromatic rings. The van der Waals surface area contributed by atoms with E-state index in [1.54, 1.807) is 17.7 Å². The Morgan fingerprint density at radius 3 is 2.62 bits per heavy atom. The molecule has 0 aliphatic rings. The Labute approximate surface area is 173 Å². The van der Waals surface area contributed by atoms with Crippen molar-refractivity contribution in [3.8, 4) is 5.75 Å². The average molecular weight is 423 g/mol. The van der Waals surface area contributed by atoms with Crippen molar-refractivity contribution in [3.63, 3.8) is 0 Å². The fourth-order valence-corrected chi connectivity index (χ4v) is 2.74. The number of aryl methyl sites for hydroxylation is 1. The summed E-state index contributed by atoms with van der Waals surface area (Å²) >= 11 is 6.32. The topological polar surface area (TPSA) is 85.3 Å². The largest absolute Gasteiger partial charge is 0.478 e. The van der Waals surface area contributed by atoms with E-state index < -0.39 is 23.7 Å². The lowest BCUT2D eigenvalue weighted by Crippen LogP contribution is -2.46. The maximum absolute atomic E-state index is 13.6. The number of amides is 2. The van der Waals surface area contributed by atoms with Gasteiger partial charge in [0.15, 0.2) is 17.7 Å². The standard InChI is InChI=1S/C20H24ClFN4O3/c1-12(2)11-26-19(21)15(13(3)25-26)9-10-18(27)23-24-20(28)14(4)29-17-8-6-5-7-16(17)22/h5-10,12,14H,11H2,1-4H3,(H,23,27)(H,24,28). The van der Waals surface area contributed by atoms with Crippen LogP contribution in [0.4, 0.5) is 4.39 Å². The van der Waals surface area contributed by atoms with E-state index in [1.807, 2.05) is 0 Å². The third-order valence-corrected chi connectivity index (χ3v) is 4.27. The van der Waals surface area contributed by atoms with Crippen LogP contribution in [-0.2, 0) is 16.1 Å². The van der Waals surface area contributed by atoms with Gasteiger partial charge in [-0.25, -0.2) is 4.39 Å². The summed E-state index contributed by atoms with van der Waals surface area (Å²) < 4.78 is 20.5. The van der Waals surface area contributed by atoms with E-state index in [1.165, 1.54) is 37.3 Å². The summed E-state index contributed by atoms with van der Waals surface area (Å²) in [7, 11) is 0. The molecule has 1 heterocycles. The molecule has 2 amide bonds. The van der Waals surface area contributed by atoms with Gasteiger partial charge in [-0.15, -0.1) is 0 Å². The molecule has 0 aliphatic heterocycles. The first-order valence-electron chi connectivity index (χ1n) is 9.11. The van der Waals surface area contributed by atoms with Crippen molar-refractivity contribution >= 4 is 29.5 Å². The molecular weight excluding hydrogens is 399 g/mol. The van der Waals surface area contributed by atoms with Gasteiger partial charge in [-0.05, 0) is 38.0 Å². The number of carbonyl (C=O) groups is 2. The van der Waals surface area contributed by atoms with Gasteiger partial charge in [-0.3, -0.25) is 25.1 Å². The molecule has 2 rings (SSSR count). The van der Waals surface area contributed by atoms with Crippen LogP contribution in [0, 0.1) is 18.7 Å². The number of rotatable bonds is 7. The molecule has 29 heavy (non-hydrogen) atoms. The molecule has 0 saturated carbocycles. The van der Waals surface area contributed by atoms with Crippen LogP contribution in [0.2, 0.25) is 5.15 Å². The molecule has 0 fully saturated rings. The summed E-state index contributed by atoms with van der Waals surface area (Å²) in [6, 6.07) is 5.74. The van der Waals surface area contributed by atoms with Crippen molar-refractivity contribution < 1.29 is 18.7 Å². The first-order chi connectivity index (χ1) is 13.7.